The molecular formula is C10H13NO2. The number of hydrogen-bond donors (Lipinski definition) is 1. The van der Waals surface area contributed by atoms with E-state index in [1.807, 2.05) is 26.8 Å². The van der Waals surface area contributed by atoms with E-state index in [1.54, 1.807) is 6.07 Å². The van der Waals surface area contributed by atoms with Gasteiger partial charge in [-0.25, -0.2) is 4.79 Å². The fourth-order valence-electron chi connectivity index (χ4n) is 1.22. The van der Waals surface area contributed by atoms with Gasteiger partial charge in [-0.2, -0.15) is 0 Å². The lowest BCUT2D eigenvalue weighted by Gasteiger charge is -2.08. The van der Waals surface area contributed by atoms with E-state index >= 15 is 0 Å². The van der Waals surface area contributed by atoms with Crippen LogP contribution < -0.4 is 10.5 Å². The van der Waals surface area contributed by atoms with Gasteiger partial charge in [0, 0.05) is 0 Å². The number of rotatable bonds is 1. The number of aryl methyl sites for hydroxylation is 2. The van der Waals surface area contributed by atoms with Gasteiger partial charge in [-0.15, -0.1) is 0 Å². The van der Waals surface area contributed by atoms with Gasteiger partial charge in [0.15, 0.2) is 0 Å². The van der Waals surface area contributed by atoms with Crippen molar-refractivity contribution in [3.63, 3.8) is 0 Å². The SMILES string of the molecule is Cc1cc(C)c(C)c(OC(N)=O)c1. The quantitative estimate of drug-likeness (QED) is 0.717. The Hall–Kier alpha value is -1.51. The Kier molecular flexibility index (Phi) is 2.56. The van der Waals surface area contributed by atoms with Gasteiger partial charge in [-0.1, -0.05) is 6.07 Å². The van der Waals surface area contributed by atoms with Crippen LogP contribution in [0, 0.1) is 20.8 Å². The Balaban J connectivity index is 3.12. The normalized spacial score (nSPS) is 9.77. The molecule has 0 unspecified atom stereocenters. The third-order valence-electron chi connectivity index (χ3n) is 1.97. The maximum absolute atomic E-state index is 10.5. The van der Waals surface area contributed by atoms with Crippen LogP contribution in [0.3, 0.4) is 0 Å². The monoisotopic (exact) mass is 179 g/mol. The third kappa shape index (κ3) is 2.21. The zero-order valence-corrected chi connectivity index (χ0v) is 8.05. The predicted octanol–water partition coefficient (Wildman–Crippen LogP) is 2.07. The van der Waals surface area contributed by atoms with Gasteiger partial charge >= 0.3 is 6.09 Å². The molecule has 2 N–H and O–H groups in total. The lowest BCUT2D eigenvalue weighted by Crippen LogP contribution is -2.17. The van der Waals surface area contributed by atoms with Crippen molar-refractivity contribution in [2.45, 2.75) is 20.8 Å². The molecule has 0 fully saturated rings. The molecule has 0 aliphatic carbocycles. The number of amides is 1. The average Bonchev–Trinajstić information content (AvgIpc) is 1.98. The van der Waals surface area contributed by atoms with Crippen molar-refractivity contribution in [3.05, 3.63) is 28.8 Å². The number of benzene rings is 1. The van der Waals surface area contributed by atoms with E-state index in [0.717, 1.165) is 16.7 Å². The van der Waals surface area contributed by atoms with Crippen LogP contribution in [-0.4, -0.2) is 6.09 Å². The summed E-state index contributed by atoms with van der Waals surface area (Å²) in [6.45, 7) is 5.81. The smallest absolute Gasteiger partial charge is 0.409 e. The standard InChI is InChI=1S/C10H13NO2/c1-6-4-7(2)8(3)9(5-6)13-10(11)12/h4-5H,1-3H3,(H2,11,12). The second kappa shape index (κ2) is 3.47. The number of carbonyl (C=O) groups is 1. The van der Waals surface area contributed by atoms with E-state index < -0.39 is 6.09 Å². The van der Waals surface area contributed by atoms with E-state index in [4.69, 9.17) is 10.5 Å². The first-order valence-corrected chi connectivity index (χ1v) is 4.06. The first-order valence-electron chi connectivity index (χ1n) is 4.06. The van der Waals surface area contributed by atoms with E-state index in [0.29, 0.717) is 5.75 Å². The summed E-state index contributed by atoms with van der Waals surface area (Å²) in [6.07, 6.45) is -0.770. The molecule has 3 nitrogen and oxygen atoms in total. The first-order chi connectivity index (χ1) is 6.00. The van der Waals surface area contributed by atoms with Crippen LogP contribution in [0.1, 0.15) is 16.7 Å². The molecule has 0 saturated carbocycles. The maximum Gasteiger partial charge on any atom is 0.409 e. The second-order valence-electron chi connectivity index (χ2n) is 3.13. The minimum atomic E-state index is -0.770. The molecule has 1 rings (SSSR count). The van der Waals surface area contributed by atoms with E-state index in [1.165, 1.54) is 0 Å². The molecule has 0 atom stereocenters. The molecule has 0 aliphatic rings. The topological polar surface area (TPSA) is 52.3 Å². The van der Waals surface area contributed by atoms with Gasteiger partial charge in [0.2, 0.25) is 0 Å². The van der Waals surface area contributed by atoms with Crippen molar-refractivity contribution in [1.82, 2.24) is 0 Å². The molecule has 0 bridgehead atoms. The fourth-order valence-corrected chi connectivity index (χ4v) is 1.22. The zero-order chi connectivity index (χ0) is 10.0. The van der Waals surface area contributed by atoms with Crippen LogP contribution in [0.2, 0.25) is 0 Å². The largest absolute Gasteiger partial charge is 0.410 e. The molecule has 0 heterocycles. The van der Waals surface area contributed by atoms with Crippen molar-refractivity contribution in [2.75, 3.05) is 0 Å². The number of ether oxygens (including phenoxy) is 1. The summed E-state index contributed by atoms with van der Waals surface area (Å²) in [5.41, 5.74) is 8.03. The van der Waals surface area contributed by atoms with Crippen LogP contribution in [0.15, 0.2) is 12.1 Å². The highest BCUT2D eigenvalue weighted by Gasteiger charge is 2.05. The Morgan fingerprint density at radius 2 is 1.92 bits per heavy atom. The Morgan fingerprint density at radius 3 is 2.46 bits per heavy atom. The van der Waals surface area contributed by atoms with Crippen LogP contribution in [-0.2, 0) is 0 Å². The van der Waals surface area contributed by atoms with Gasteiger partial charge in [0.1, 0.15) is 5.75 Å². The van der Waals surface area contributed by atoms with Gasteiger partial charge in [-0.05, 0) is 43.5 Å². The van der Waals surface area contributed by atoms with Crippen LogP contribution in [0.4, 0.5) is 4.79 Å². The first kappa shape index (κ1) is 9.58. The summed E-state index contributed by atoms with van der Waals surface area (Å²) in [5.74, 6) is 0.546. The molecule has 0 radical (unpaired) electrons. The highest BCUT2D eigenvalue weighted by atomic mass is 16.5. The predicted molar refractivity (Wildman–Crippen MR) is 50.9 cm³/mol. The lowest BCUT2D eigenvalue weighted by atomic mass is 10.1. The molecule has 0 aromatic heterocycles. The van der Waals surface area contributed by atoms with Crippen LogP contribution >= 0.6 is 0 Å². The Morgan fingerprint density at radius 1 is 1.31 bits per heavy atom. The van der Waals surface area contributed by atoms with Crippen molar-refractivity contribution in [2.24, 2.45) is 5.73 Å². The number of carbonyl (C=O) groups excluding carboxylic acids is 1. The van der Waals surface area contributed by atoms with Gasteiger partial charge in [0.05, 0.1) is 0 Å². The second-order valence-corrected chi connectivity index (χ2v) is 3.13. The maximum atomic E-state index is 10.5. The Bertz CT molecular complexity index is 345. The number of nitrogens with two attached hydrogens (primary N) is 1. The van der Waals surface area contributed by atoms with Gasteiger partial charge in [0.25, 0.3) is 0 Å². The lowest BCUT2D eigenvalue weighted by molar-refractivity contribution is 0.210. The molecular weight excluding hydrogens is 166 g/mol. The summed E-state index contributed by atoms with van der Waals surface area (Å²) >= 11 is 0. The minimum Gasteiger partial charge on any atom is -0.410 e. The van der Waals surface area contributed by atoms with Crippen molar-refractivity contribution in [3.8, 4) is 5.75 Å². The van der Waals surface area contributed by atoms with Crippen LogP contribution in [0.25, 0.3) is 0 Å². The third-order valence-corrected chi connectivity index (χ3v) is 1.97. The highest BCUT2D eigenvalue weighted by molar-refractivity contribution is 5.69. The molecule has 1 aromatic rings. The number of hydrogen-bond acceptors (Lipinski definition) is 2. The minimum absolute atomic E-state index is 0.546. The Labute approximate surface area is 77.5 Å². The van der Waals surface area contributed by atoms with E-state index in [-0.39, 0.29) is 0 Å². The average molecular weight is 179 g/mol. The molecule has 1 amide bonds. The van der Waals surface area contributed by atoms with Crippen molar-refractivity contribution in [1.29, 1.82) is 0 Å². The summed E-state index contributed by atoms with van der Waals surface area (Å²) in [5, 5.41) is 0. The molecule has 1 aromatic carbocycles. The molecule has 13 heavy (non-hydrogen) atoms. The number of primary amides is 1. The molecule has 0 aliphatic heterocycles. The van der Waals surface area contributed by atoms with Gasteiger partial charge < -0.3 is 10.5 Å². The zero-order valence-electron chi connectivity index (χ0n) is 8.05. The van der Waals surface area contributed by atoms with E-state index in [9.17, 15) is 4.79 Å². The fraction of sp³-hybridized carbons (Fsp3) is 0.300. The molecule has 0 saturated heterocycles. The molecule has 3 heteroatoms. The van der Waals surface area contributed by atoms with Crippen LogP contribution in [0.5, 0.6) is 5.75 Å². The van der Waals surface area contributed by atoms with Gasteiger partial charge in [-0.3, -0.25) is 0 Å². The molecule has 0 spiro atoms. The van der Waals surface area contributed by atoms with Crippen molar-refractivity contribution < 1.29 is 9.53 Å². The molecule has 70 valence electrons. The summed E-state index contributed by atoms with van der Waals surface area (Å²) in [7, 11) is 0. The van der Waals surface area contributed by atoms with Crippen molar-refractivity contribution >= 4 is 6.09 Å². The summed E-state index contributed by atoms with van der Waals surface area (Å²) < 4.78 is 4.85. The highest BCUT2D eigenvalue weighted by Crippen LogP contribution is 2.22. The summed E-state index contributed by atoms with van der Waals surface area (Å²) in [6, 6.07) is 3.83. The summed E-state index contributed by atoms with van der Waals surface area (Å²) in [4.78, 5) is 10.5. The van der Waals surface area contributed by atoms with E-state index in [2.05, 4.69) is 0 Å².